The van der Waals surface area contributed by atoms with Crippen molar-refractivity contribution in [1.82, 2.24) is 9.77 Å². The third-order valence-electron chi connectivity index (χ3n) is 4.09. The van der Waals surface area contributed by atoms with E-state index in [4.69, 9.17) is 0 Å². The van der Waals surface area contributed by atoms with Gasteiger partial charge in [-0.1, -0.05) is 52.2 Å². The number of ketones is 1. The second-order valence-electron chi connectivity index (χ2n) is 5.91. The number of hydrogen-bond donors (Lipinski definition) is 0. The summed E-state index contributed by atoms with van der Waals surface area (Å²) >= 11 is 0. The van der Waals surface area contributed by atoms with Crippen LogP contribution in [0.15, 0.2) is 59.7 Å². The number of rotatable bonds is 6. The van der Waals surface area contributed by atoms with Crippen LogP contribution in [0.3, 0.4) is 0 Å². The van der Waals surface area contributed by atoms with Crippen LogP contribution in [0.2, 0.25) is 0 Å². The van der Waals surface area contributed by atoms with Crippen LogP contribution >= 0.6 is 0 Å². The third kappa shape index (κ3) is 4.55. The van der Waals surface area contributed by atoms with E-state index in [-0.39, 0.29) is 35.0 Å². The molecule has 0 fully saturated rings. The van der Waals surface area contributed by atoms with E-state index in [9.17, 15) is 14.9 Å². The minimum absolute atomic E-state index is 0. The number of Topliss-reactive ketones (excluding diaryl/α,β-unsaturated/α-hetero) is 1. The Labute approximate surface area is 172 Å². The van der Waals surface area contributed by atoms with Crippen molar-refractivity contribution >= 4 is 17.7 Å². The molecule has 2 aromatic carbocycles. The van der Waals surface area contributed by atoms with Crippen LogP contribution in [0.4, 0.5) is 5.69 Å². The molecule has 0 radical (unpaired) electrons. The number of halogens is 1. The Hall–Kier alpha value is -3.20. The van der Waals surface area contributed by atoms with E-state index in [1.54, 1.807) is 53.5 Å². The molecule has 28 heavy (non-hydrogen) atoms. The van der Waals surface area contributed by atoms with Gasteiger partial charge in [0, 0.05) is 25.5 Å². The Bertz CT molecular complexity index is 1030. The maximum Gasteiger partial charge on any atom is 0.301 e. The number of nitrogens with zero attached hydrogens (tertiary/aromatic N) is 5. The van der Waals surface area contributed by atoms with Gasteiger partial charge < -0.3 is 17.0 Å². The number of nitro benzene ring substituents is 1. The molecule has 0 aliphatic heterocycles. The first-order chi connectivity index (χ1) is 13.0. The van der Waals surface area contributed by atoms with Gasteiger partial charge in [-0.3, -0.25) is 14.9 Å². The Balaban J connectivity index is 0.00000280. The van der Waals surface area contributed by atoms with E-state index in [1.165, 1.54) is 12.3 Å². The summed E-state index contributed by atoms with van der Waals surface area (Å²) in [6, 6.07) is 15.4. The molecule has 1 aromatic heterocycles. The minimum Gasteiger partial charge on any atom is -1.00 e. The summed E-state index contributed by atoms with van der Waals surface area (Å²) in [5.74, 6) is 1.16. The average molecular weight is 444 g/mol. The molecular formula is C19H18BrN5O3. The van der Waals surface area contributed by atoms with Gasteiger partial charge in [0.05, 0.1) is 16.7 Å². The second kappa shape index (κ2) is 9.14. The molecule has 0 spiro atoms. The van der Waals surface area contributed by atoms with Gasteiger partial charge >= 0.3 is 5.82 Å². The first kappa shape index (κ1) is 21.1. The smallest absolute Gasteiger partial charge is 0.301 e. The van der Waals surface area contributed by atoms with Crippen molar-refractivity contribution in [1.29, 1.82) is 0 Å². The predicted molar refractivity (Wildman–Crippen MR) is 98.8 cm³/mol. The molecule has 0 amide bonds. The standard InChI is InChI=1S/C19H18N5O3.BrH/c1-14-21-22(13-19(25)16-8-4-3-5-9-16)15(2)23(14)20-12-17-10-6-7-11-18(17)24(26)27;/h3-12H,13H2,1-2H3;1H/q+1;/p-1/b20-12+;. The van der Waals surface area contributed by atoms with Crippen molar-refractivity contribution in [2.75, 3.05) is 0 Å². The molecule has 1 heterocycles. The van der Waals surface area contributed by atoms with Crippen LogP contribution in [-0.4, -0.2) is 26.7 Å². The first-order valence-corrected chi connectivity index (χ1v) is 8.29. The van der Waals surface area contributed by atoms with Crippen LogP contribution in [0, 0.1) is 24.0 Å². The van der Waals surface area contributed by atoms with Gasteiger partial charge in [0.15, 0.2) is 6.54 Å². The number of aromatic nitrogens is 3. The summed E-state index contributed by atoms with van der Waals surface area (Å²) < 4.78 is 3.12. The van der Waals surface area contributed by atoms with Crippen molar-refractivity contribution in [3.05, 3.63) is 87.5 Å². The maximum absolute atomic E-state index is 12.4. The lowest BCUT2D eigenvalue weighted by Gasteiger charge is -1.98. The highest BCUT2D eigenvalue weighted by Crippen LogP contribution is 2.15. The first-order valence-electron chi connectivity index (χ1n) is 8.29. The number of benzene rings is 2. The van der Waals surface area contributed by atoms with Gasteiger partial charge in [-0.05, 0) is 11.2 Å². The van der Waals surface area contributed by atoms with Crippen molar-refractivity contribution < 1.29 is 31.4 Å². The van der Waals surface area contributed by atoms with Gasteiger partial charge in [0.1, 0.15) is 0 Å². The van der Waals surface area contributed by atoms with E-state index in [1.807, 2.05) is 18.2 Å². The van der Waals surface area contributed by atoms with E-state index in [0.29, 0.717) is 22.8 Å². The molecule has 0 aliphatic carbocycles. The van der Waals surface area contributed by atoms with Crippen molar-refractivity contribution in [3.8, 4) is 0 Å². The van der Waals surface area contributed by atoms with Gasteiger partial charge in [-0.15, -0.1) is 4.68 Å². The van der Waals surface area contributed by atoms with E-state index in [2.05, 4.69) is 10.2 Å². The molecule has 0 aliphatic rings. The Kier molecular flexibility index (Phi) is 6.89. The molecule has 0 N–H and O–H groups in total. The quantitative estimate of drug-likeness (QED) is 0.168. The Morgan fingerprint density at radius 1 is 1.18 bits per heavy atom. The highest BCUT2D eigenvalue weighted by atomic mass is 79.9. The zero-order valence-electron chi connectivity index (χ0n) is 15.3. The van der Waals surface area contributed by atoms with Gasteiger partial charge in [-0.2, -0.15) is 0 Å². The molecule has 8 nitrogen and oxygen atoms in total. The minimum atomic E-state index is -0.451. The van der Waals surface area contributed by atoms with Crippen LogP contribution in [-0.2, 0) is 6.54 Å². The van der Waals surface area contributed by atoms with Gasteiger partial charge in [-0.25, -0.2) is 0 Å². The highest BCUT2D eigenvalue weighted by molar-refractivity contribution is 5.94. The summed E-state index contributed by atoms with van der Waals surface area (Å²) in [6.45, 7) is 3.63. The van der Waals surface area contributed by atoms with Gasteiger partial charge in [0.2, 0.25) is 5.78 Å². The summed E-state index contributed by atoms with van der Waals surface area (Å²) in [5, 5.41) is 19.8. The molecule has 0 saturated carbocycles. The molecule has 0 unspecified atom stereocenters. The number of carbonyl (C=O) groups excluding carboxylic acids is 1. The normalized spacial score (nSPS) is 10.6. The van der Waals surface area contributed by atoms with E-state index < -0.39 is 4.92 Å². The Morgan fingerprint density at radius 2 is 1.82 bits per heavy atom. The van der Waals surface area contributed by atoms with E-state index in [0.717, 1.165) is 0 Å². The summed E-state index contributed by atoms with van der Waals surface area (Å²) in [5.41, 5.74) is 0.978. The largest absolute Gasteiger partial charge is 1.00 e. The van der Waals surface area contributed by atoms with Gasteiger partial charge in [0.25, 0.3) is 11.5 Å². The highest BCUT2D eigenvalue weighted by Gasteiger charge is 2.22. The molecule has 3 aromatic rings. The molecule has 0 atom stereocenters. The van der Waals surface area contributed by atoms with Crippen LogP contribution in [0.5, 0.6) is 0 Å². The topological polar surface area (TPSA) is 94.3 Å². The summed E-state index contributed by atoms with van der Waals surface area (Å²) in [4.78, 5) is 23.1. The van der Waals surface area contributed by atoms with Crippen molar-refractivity contribution in [2.24, 2.45) is 5.10 Å². The monoisotopic (exact) mass is 443 g/mol. The zero-order valence-corrected chi connectivity index (χ0v) is 16.9. The van der Waals surface area contributed by atoms with Crippen molar-refractivity contribution in [3.63, 3.8) is 0 Å². The van der Waals surface area contributed by atoms with Crippen LogP contribution < -0.4 is 21.7 Å². The molecule has 144 valence electrons. The number of nitro groups is 1. The number of para-hydroxylation sites is 1. The lowest BCUT2D eigenvalue weighted by Crippen LogP contribution is -3.00. The molecule has 3 rings (SSSR count). The SMILES string of the molecule is Cc1n[n+](CC(=O)c2ccccc2)c(C)n1/N=C/c1ccccc1[N+](=O)[O-].[Br-]. The lowest BCUT2D eigenvalue weighted by atomic mass is 10.1. The fraction of sp³-hybridized carbons (Fsp3) is 0.158. The fourth-order valence-electron chi connectivity index (χ4n) is 2.68. The molecule has 0 saturated heterocycles. The summed E-state index contributed by atoms with van der Waals surface area (Å²) in [6.07, 6.45) is 1.42. The maximum atomic E-state index is 12.4. The number of hydrogen-bond acceptors (Lipinski definition) is 5. The Morgan fingerprint density at radius 3 is 2.50 bits per heavy atom. The molecule has 0 bridgehead atoms. The van der Waals surface area contributed by atoms with E-state index >= 15 is 0 Å². The van der Waals surface area contributed by atoms with Crippen LogP contribution in [0.1, 0.15) is 27.6 Å². The molecule has 9 heteroatoms. The number of aryl methyl sites for hydroxylation is 1. The number of carbonyl (C=O) groups is 1. The molecular weight excluding hydrogens is 426 g/mol. The second-order valence-corrected chi connectivity index (χ2v) is 5.91. The van der Waals surface area contributed by atoms with Crippen molar-refractivity contribution in [2.45, 2.75) is 20.4 Å². The average Bonchev–Trinajstić information content (AvgIpc) is 2.94. The van der Waals surface area contributed by atoms with Crippen LogP contribution in [0.25, 0.3) is 0 Å². The predicted octanol–water partition coefficient (Wildman–Crippen LogP) is -0.535. The zero-order chi connectivity index (χ0) is 19.4. The third-order valence-corrected chi connectivity index (χ3v) is 4.09. The fourth-order valence-corrected chi connectivity index (χ4v) is 2.68. The lowest BCUT2D eigenvalue weighted by molar-refractivity contribution is -0.745. The summed E-state index contributed by atoms with van der Waals surface area (Å²) in [7, 11) is 0.